The molecule has 1 aromatic carbocycles. The van der Waals surface area contributed by atoms with E-state index in [9.17, 15) is 0 Å². The van der Waals surface area contributed by atoms with E-state index in [1.807, 2.05) is 12.1 Å². The van der Waals surface area contributed by atoms with Gasteiger partial charge < -0.3 is 10.2 Å². The number of hydrogen-bond donors (Lipinski definition) is 1. The second-order valence-corrected chi connectivity index (χ2v) is 5.18. The zero-order valence-corrected chi connectivity index (χ0v) is 11.7. The number of aryl methyl sites for hydroxylation is 1. The molecule has 2 aromatic rings. The lowest BCUT2D eigenvalue weighted by molar-refractivity contribution is 0.572. The Bertz CT molecular complexity index is 578. The number of aromatic nitrogens is 3. The van der Waals surface area contributed by atoms with Crippen LogP contribution in [0.25, 0.3) is 0 Å². The Balaban J connectivity index is 1.77. The van der Waals surface area contributed by atoms with Crippen molar-refractivity contribution in [1.82, 2.24) is 15.2 Å². The molecule has 0 bridgehead atoms. The van der Waals surface area contributed by atoms with Crippen LogP contribution in [0.15, 0.2) is 30.5 Å². The molecular formula is C15H19N5. The molecule has 0 unspecified atom stereocenters. The van der Waals surface area contributed by atoms with Gasteiger partial charge in [-0.05, 0) is 43.9 Å². The van der Waals surface area contributed by atoms with Crippen LogP contribution in [0.4, 0.5) is 17.5 Å². The van der Waals surface area contributed by atoms with Crippen molar-refractivity contribution in [2.24, 2.45) is 0 Å². The SMILES string of the molecule is Cc1cccc(Nc2nncc(N3CCCCC3)n2)c1. The Morgan fingerprint density at radius 2 is 2.00 bits per heavy atom. The fourth-order valence-electron chi connectivity index (χ4n) is 2.48. The van der Waals surface area contributed by atoms with Crippen molar-refractivity contribution >= 4 is 17.5 Å². The summed E-state index contributed by atoms with van der Waals surface area (Å²) in [7, 11) is 0. The first kappa shape index (κ1) is 12.8. The van der Waals surface area contributed by atoms with E-state index in [1.54, 1.807) is 6.20 Å². The highest BCUT2D eigenvalue weighted by molar-refractivity contribution is 5.55. The monoisotopic (exact) mass is 269 g/mol. The molecule has 5 heteroatoms. The van der Waals surface area contributed by atoms with Gasteiger partial charge in [0.1, 0.15) is 0 Å². The zero-order chi connectivity index (χ0) is 13.8. The molecule has 1 aromatic heterocycles. The van der Waals surface area contributed by atoms with Crippen molar-refractivity contribution in [2.45, 2.75) is 26.2 Å². The molecule has 104 valence electrons. The van der Waals surface area contributed by atoms with E-state index in [-0.39, 0.29) is 0 Å². The van der Waals surface area contributed by atoms with Crippen molar-refractivity contribution in [3.8, 4) is 0 Å². The average Bonchev–Trinajstić information content (AvgIpc) is 2.48. The van der Waals surface area contributed by atoms with Crippen molar-refractivity contribution in [3.05, 3.63) is 36.0 Å². The van der Waals surface area contributed by atoms with Gasteiger partial charge in [-0.1, -0.05) is 12.1 Å². The fourth-order valence-corrected chi connectivity index (χ4v) is 2.48. The van der Waals surface area contributed by atoms with Crippen LogP contribution in [0.5, 0.6) is 0 Å². The van der Waals surface area contributed by atoms with E-state index in [1.165, 1.54) is 24.8 Å². The van der Waals surface area contributed by atoms with E-state index < -0.39 is 0 Å². The van der Waals surface area contributed by atoms with Crippen molar-refractivity contribution in [3.63, 3.8) is 0 Å². The Labute approximate surface area is 119 Å². The largest absolute Gasteiger partial charge is 0.355 e. The van der Waals surface area contributed by atoms with Gasteiger partial charge >= 0.3 is 0 Å². The second-order valence-electron chi connectivity index (χ2n) is 5.18. The third-order valence-electron chi connectivity index (χ3n) is 3.50. The maximum atomic E-state index is 4.56. The molecule has 20 heavy (non-hydrogen) atoms. The van der Waals surface area contributed by atoms with E-state index in [0.29, 0.717) is 5.95 Å². The molecule has 1 aliphatic heterocycles. The van der Waals surface area contributed by atoms with Gasteiger partial charge in [-0.25, -0.2) is 0 Å². The van der Waals surface area contributed by atoms with Crippen LogP contribution in [0, 0.1) is 6.92 Å². The first-order valence-corrected chi connectivity index (χ1v) is 7.10. The van der Waals surface area contributed by atoms with Crippen LogP contribution in [0.3, 0.4) is 0 Å². The number of nitrogens with zero attached hydrogens (tertiary/aromatic N) is 4. The highest BCUT2D eigenvalue weighted by atomic mass is 15.3. The van der Waals surface area contributed by atoms with Gasteiger partial charge in [-0.3, -0.25) is 0 Å². The lowest BCUT2D eigenvalue weighted by Gasteiger charge is -2.27. The molecule has 0 saturated carbocycles. The standard InChI is InChI=1S/C15H19N5/c1-12-6-5-7-13(10-12)17-15-18-14(11-16-19-15)20-8-3-2-4-9-20/h5-7,10-11H,2-4,8-9H2,1H3,(H,17,18,19). The Hall–Kier alpha value is -2.17. The Kier molecular flexibility index (Phi) is 3.76. The maximum Gasteiger partial charge on any atom is 0.249 e. The zero-order valence-electron chi connectivity index (χ0n) is 11.7. The maximum absolute atomic E-state index is 4.56. The summed E-state index contributed by atoms with van der Waals surface area (Å²) in [4.78, 5) is 6.84. The highest BCUT2D eigenvalue weighted by Gasteiger charge is 2.13. The third kappa shape index (κ3) is 3.04. The van der Waals surface area contributed by atoms with Crippen molar-refractivity contribution in [1.29, 1.82) is 0 Å². The number of hydrogen-bond acceptors (Lipinski definition) is 5. The van der Waals surface area contributed by atoms with Crippen LogP contribution in [0.2, 0.25) is 0 Å². The van der Waals surface area contributed by atoms with E-state index in [0.717, 1.165) is 24.6 Å². The number of benzene rings is 1. The number of piperidine rings is 1. The molecule has 3 rings (SSSR count). The smallest absolute Gasteiger partial charge is 0.249 e. The first-order valence-electron chi connectivity index (χ1n) is 7.10. The summed E-state index contributed by atoms with van der Waals surface area (Å²) in [5.74, 6) is 1.47. The number of anilines is 3. The summed E-state index contributed by atoms with van der Waals surface area (Å²) in [6.07, 6.45) is 5.51. The van der Waals surface area contributed by atoms with Crippen LogP contribution in [-0.4, -0.2) is 28.3 Å². The molecule has 0 radical (unpaired) electrons. The van der Waals surface area contributed by atoms with Crippen LogP contribution in [-0.2, 0) is 0 Å². The van der Waals surface area contributed by atoms with Gasteiger partial charge in [0.05, 0.1) is 6.20 Å². The lowest BCUT2D eigenvalue weighted by Crippen LogP contribution is -2.30. The quantitative estimate of drug-likeness (QED) is 0.928. The summed E-state index contributed by atoms with van der Waals surface area (Å²) >= 11 is 0. The fraction of sp³-hybridized carbons (Fsp3) is 0.400. The topological polar surface area (TPSA) is 53.9 Å². The molecule has 1 fully saturated rings. The van der Waals surface area contributed by atoms with Gasteiger partial charge in [0.2, 0.25) is 5.95 Å². The van der Waals surface area contributed by atoms with Gasteiger partial charge in [0.25, 0.3) is 0 Å². The van der Waals surface area contributed by atoms with Gasteiger partial charge in [-0.15, -0.1) is 5.10 Å². The molecule has 0 aliphatic carbocycles. The van der Waals surface area contributed by atoms with Crippen LogP contribution in [0.1, 0.15) is 24.8 Å². The normalized spacial score (nSPS) is 15.2. The van der Waals surface area contributed by atoms with Crippen LogP contribution < -0.4 is 10.2 Å². The summed E-state index contributed by atoms with van der Waals surface area (Å²) in [6.45, 7) is 4.18. The van der Waals surface area contributed by atoms with Crippen LogP contribution >= 0.6 is 0 Å². The molecule has 2 heterocycles. The molecular weight excluding hydrogens is 250 g/mol. The average molecular weight is 269 g/mol. The van der Waals surface area contributed by atoms with Gasteiger partial charge in [0.15, 0.2) is 5.82 Å². The highest BCUT2D eigenvalue weighted by Crippen LogP contribution is 2.19. The molecule has 1 saturated heterocycles. The number of nitrogens with one attached hydrogen (secondary N) is 1. The Morgan fingerprint density at radius 1 is 1.15 bits per heavy atom. The molecule has 1 aliphatic rings. The summed E-state index contributed by atoms with van der Waals surface area (Å²) < 4.78 is 0. The lowest BCUT2D eigenvalue weighted by atomic mass is 10.1. The molecule has 0 amide bonds. The first-order chi connectivity index (χ1) is 9.81. The minimum absolute atomic E-state index is 0.554. The third-order valence-corrected chi connectivity index (χ3v) is 3.50. The Morgan fingerprint density at radius 3 is 2.80 bits per heavy atom. The predicted molar refractivity (Wildman–Crippen MR) is 80.4 cm³/mol. The predicted octanol–water partition coefficient (Wildman–Crippen LogP) is 2.91. The number of rotatable bonds is 3. The van der Waals surface area contributed by atoms with Gasteiger partial charge in [-0.2, -0.15) is 10.1 Å². The minimum Gasteiger partial charge on any atom is -0.355 e. The second kappa shape index (κ2) is 5.86. The summed E-state index contributed by atoms with van der Waals surface area (Å²) in [6, 6.07) is 8.15. The summed E-state index contributed by atoms with van der Waals surface area (Å²) in [5, 5.41) is 11.3. The van der Waals surface area contributed by atoms with Crippen molar-refractivity contribution in [2.75, 3.05) is 23.3 Å². The van der Waals surface area contributed by atoms with Crippen molar-refractivity contribution < 1.29 is 0 Å². The molecule has 0 spiro atoms. The molecule has 1 N–H and O–H groups in total. The van der Waals surface area contributed by atoms with E-state index in [2.05, 4.69) is 44.5 Å². The van der Waals surface area contributed by atoms with E-state index >= 15 is 0 Å². The minimum atomic E-state index is 0.554. The molecule has 0 atom stereocenters. The molecule has 5 nitrogen and oxygen atoms in total. The van der Waals surface area contributed by atoms with Gasteiger partial charge in [0, 0.05) is 18.8 Å². The summed E-state index contributed by atoms with van der Waals surface area (Å²) in [5.41, 5.74) is 2.19. The van der Waals surface area contributed by atoms with E-state index in [4.69, 9.17) is 0 Å².